The fourth-order valence-corrected chi connectivity index (χ4v) is 2.21. The molecular weight excluding hydrogens is 323 g/mol. The van der Waals surface area contributed by atoms with Gasteiger partial charge in [0, 0.05) is 18.5 Å². The minimum absolute atomic E-state index is 0.0293. The van der Waals surface area contributed by atoms with Crippen molar-refractivity contribution in [1.82, 2.24) is 9.78 Å². The number of anilines is 1. The number of hydrogen-bond acceptors (Lipinski definition) is 3. The smallest absolute Gasteiger partial charge is 0.406 e. The second-order valence-corrected chi connectivity index (χ2v) is 5.46. The Kier molecular flexibility index (Phi) is 5.48. The molecule has 0 spiro atoms. The topological polar surface area (TPSA) is 56.2 Å². The number of alkyl halides is 3. The molecule has 2 aromatic rings. The molecule has 0 unspecified atom stereocenters. The monoisotopic (exact) mass is 341 g/mol. The Morgan fingerprint density at radius 2 is 2.00 bits per heavy atom. The van der Waals surface area contributed by atoms with Gasteiger partial charge in [-0.25, -0.2) is 4.68 Å². The van der Waals surface area contributed by atoms with Crippen LogP contribution in [0.25, 0.3) is 0 Å². The Balaban J connectivity index is 1.98. The second kappa shape index (κ2) is 7.37. The van der Waals surface area contributed by atoms with E-state index < -0.39 is 6.36 Å². The summed E-state index contributed by atoms with van der Waals surface area (Å²) in [5.41, 5.74) is 0.322. The molecule has 24 heavy (non-hydrogen) atoms. The summed E-state index contributed by atoms with van der Waals surface area (Å²) in [6.07, 6.45) is -3.03. The Morgan fingerprint density at radius 1 is 1.29 bits per heavy atom. The maximum absolute atomic E-state index is 12.4. The number of nitrogens with zero attached hydrogens (tertiary/aromatic N) is 2. The van der Waals surface area contributed by atoms with Gasteiger partial charge in [0.25, 0.3) is 0 Å². The number of carbonyl (C=O) groups excluding carboxylic acids is 1. The molecule has 1 heterocycles. The van der Waals surface area contributed by atoms with Gasteiger partial charge in [-0.15, -0.1) is 13.2 Å². The molecule has 1 N–H and O–H groups in total. The van der Waals surface area contributed by atoms with E-state index >= 15 is 0 Å². The van der Waals surface area contributed by atoms with Gasteiger partial charge < -0.3 is 10.1 Å². The molecule has 1 aromatic heterocycles. The van der Waals surface area contributed by atoms with Crippen LogP contribution in [0.1, 0.15) is 31.9 Å². The fourth-order valence-electron chi connectivity index (χ4n) is 2.21. The van der Waals surface area contributed by atoms with Crippen molar-refractivity contribution in [3.05, 3.63) is 42.1 Å². The van der Waals surface area contributed by atoms with Gasteiger partial charge in [0.1, 0.15) is 11.6 Å². The highest BCUT2D eigenvalue weighted by molar-refractivity contribution is 5.90. The van der Waals surface area contributed by atoms with Gasteiger partial charge in [0.15, 0.2) is 0 Å². The lowest BCUT2D eigenvalue weighted by atomic mass is 10.1. The molecule has 1 amide bonds. The molecule has 5 nitrogen and oxygen atoms in total. The largest absolute Gasteiger partial charge is 0.573 e. The summed E-state index contributed by atoms with van der Waals surface area (Å²) in [4.78, 5) is 12.0. The van der Waals surface area contributed by atoms with Crippen molar-refractivity contribution in [2.24, 2.45) is 0 Å². The molecule has 0 saturated heterocycles. The summed E-state index contributed by atoms with van der Waals surface area (Å²) in [5, 5.41) is 6.81. The number of aromatic nitrogens is 2. The second-order valence-electron chi connectivity index (χ2n) is 5.46. The number of nitrogens with one attached hydrogen (secondary N) is 1. The third kappa shape index (κ3) is 5.00. The van der Waals surface area contributed by atoms with Crippen LogP contribution in [0.15, 0.2) is 36.5 Å². The first kappa shape index (κ1) is 17.8. The zero-order valence-electron chi connectivity index (χ0n) is 13.3. The first-order chi connectivity index (χ1) is 11.3. The number of benzene rings is 1. The van der Waals surface area contributed by atoms with Crippen LogP contribution in [0.3, 0.4) is 0 Å². The van der Waals surface area contributed by atoms with Crippen LogP contribution >= 0.6 is 0 Å². The van der Waals surface area contributed by atoms with Gasteiger partial charge in [-0.3, -0.25) is 4.79 Å². The number of para-hydroxylation sites is 1. The summed E-state index contributed by atoms with van der Waals surface area (Å²) >= 11 is 0. The first-order valence-electron chi connectivity index (χ1n) is 7.43. The number of aryl methyl sites for hydroxylation is 1. The van der Waals surface area contributed by atoms with Crippen molar-refractivity contribution in [2.45, 2.75) is 39.1 Å². The Bertz CT molecular complexity index is 696. The maximum Gasteiger partial charge on any atom is 0.573 e. The Hall–Kier alpha value is -2.51. The van der Waals surface area contributed by atoms with Crippen LogP contribution < -0.4 is 10.1 Å². The summed E-state index contributed by atoms with van der Waals surface area (Å²) in [6.45, 7) is 3.85. The van der Waals surface area contributed by atoms with E-state index in [1.165, 1.54) is 18.2 Å². The van der Waals surface area contributed by atoms with E-state index in [4.69, 9.17) is 0 Å². The van der Waals surface area contributed by atoms with Crippen LogP contribution in [0.4, 0.5) is 19.0 Å². The molecule has 0 aliphatic carbocycles. The average Bonchev–Trinajstić information content (AvgIpc) is 2.93. The van der Waals surface area contributed by atoms with Crippen molar-refractivity contribution in [2.75, 3.05) is 5.32 Å². The van der Waals surface area contributed by atoms with Crippen LogP contribution in [0, 0.1) is 0 Å². The SMILES string of the molecule is CC(C)n1nccc1NC(=O)CCc1ccccc1OC(F)(F)F. The molecule has 2 rings (SSSR count). The van der Waals surface area contributed by atoms with Gasteiger partial charge in [-0.1, -0.05) is 18.2 Å². The highest BCUT2D eigenvalue weighted by atomic mass is 19.4. The van der Waals surface area contributed by atoms with Crippen LogP contribution in [0.2, 0.25) is 0 Å². The van der Waals surface area contributed by atoms with Gasteiger partial charge in [0.2, 0.25) is 5.91 Å². The van der Waals surface area contributed by atoms with Crippen molar-refractivity contribution < 1.29 is 22.7 Å². The van der Waals surface area contributed by atoms with Crippen LogP contribution in [-0.2, 0) is 11.2 Å². The van der Waals surface area contributed by atoms with E-state index in [0.717, 1.165) is 0 Å². The zero-order valence-corrected chi connectivity index (χ0v) is 13.3. The van der Waals surface area contributed by atoms with Crippen molar-refractivity contribution in [1.29, 1.82) is 0 Å². The molecule has 0 radical (unpaired) electrons. The van der Waals surface area contributed by atoms with Crippen LogP contribution in [-0.4, -0.2) is 22.1 Å². The van der Waals surface area contributed by atoms with Crippen molar-refractivity contribution >= 4 is 11.7 Å². The zero-order chi connectivity index (χ0) is 17.7. The Morgan fingerprint density at radius 3 is 2.67 bits per heavy atom. The Labute approximate surface area is 137 Å². The number of amides is 1. The fraction of sp³-hybridized carbons (Fsp3) is 0.375. The normalized spacial score (nSPS) is 11.6. The van der Waals surface area contributed by atoms with Gasteiger partial charge in [-0.2, -0.15) is 5.10 Å². The number of halogens is 3. The predicted molar refractivity (Wildman–Crippen MR) is 82.7 cm³/mol. The molecule has 0 fully saturated rings. The third-order valence-corrected chi connectivity index (χ3v) is 3.25. The summed E-state index contributed by atoms with van der Waals surface area (Å²) in [7, 11) is 0. The molecular formula is C16H18F3N3O2. The third-order valence-electron chi connectivity index (χ3n) is 3.25. The summed E-state index contributed by atoms with van der Waals surface area (Å²) < 4.78 is 42.8. The molecule has 0 atom stereocenters. The van der Waals surface area contributed by atoms with E-state index in [9.17, 15) is 18.0 Å². The summed E-state index contributed by atoms with van der Waals surface area (Å²) in [6, 6.07) is 7.53. The standard InChI is InChI=1S/C16H18F3N3O2/c1-11(2)22-14(9-10-20-22)21-15(23)8-7-12-5-3-4-6-13(12)24-16(17,18)19/h3-6,9-11H,7-8H2,1-2H3,(H,21,23). The first-order valence-corrected chi connectivity index (χ1v) is 7.43. The number of ether oxygens (including phenoxy) is 1. The van der Waals surface area contributed by atoms with E-state index in [0.29, 0.717) is 11.4 Å². The van der Waals surface area contributed by atoms with E-state index in [2.05, 4.69) is 15.2 Å². The summed E-state index contributed by atoms with van der Waals surface area (Å²) in [5.74, 6) is -0.0425. The molecule has 8 heteroatoms. The van der Waals surface area contributed by atoms with E-state index in [1.807, 2.05) is 13.8 Å². The minimum atomic E-state index is -4.76. The quantitative estimate of drug-likeness (QED) is 0.866. The number of rotatable bonds is 6. The maximum atomic E-state index is 12.4. The number of carbonyl (C=O) groups is 1. The van der Waals surface area contributed by atoms with Crippen molar-refractivity contribution in [3.8, 4) is 5.75 Å². The highest BCUT2D eigenvalue weighted by Crippen LogP contribution is 2.27. The van der Waals surface area contributed by atoms with Gasteiger partial charge >= 0.3 is 6.36 Å². The lowest BCUT2D eigenvalue weighted by molar-refractivity contribution is -0.274. The van der Waals surface area contributed by atoms with Crippen molar-refractivity contribution in [3.63, 3.8) is 0 Å². The molecule has 0 aliphatic heterocycles. The lowest BCUT2D eigenvalue weighted by Crippen LogP contribution is -2.19. The molecule has 0 saturated carbocycles. The average molecular weight is 341 g/mol. The minimum Gasteiger partial charge on any atom is -0.406 e. The highest BCUT2D eigenvalue weighted by Gasteiger charge is 2.31. The van der Waals surface area contributed by atoms with Crippen LogP contribution in [0.5, 0.6) is 5.75 Å². The predicted octanol–water partition coefficient (Wildman–Crippen LogP) is 3.93. The number of hydrogen-bond donors (Lipinski definition) is 1. The molecule has 1 aromatic carbocycles. The van der Waals surface area contributed by atoms with E-state index in [1.54, 1.807) is 23.0 Å². The van der Waals surface area contributed by atoms with Gasteiger partial charge in [0.05, 0.1) is 6.20 Å². The van der Waals surface area contributed by atoms with Gasteiger partial charge in [-0.05, 0) is 31.9 Å². The molecule has 130 valence electrons. The molecule has 0 aliphatic rings. The lowest BCUT2D eigenvalue weighted by Gasteiger charge is -2.14. The van der Waals surface area contributed by atoms with E-state index in [-0.39, 0.29) is 30.5 Å². The molecule has 0 bridgehead atoms.